The molecule has 2 atom stereocenters. The molecule has 0 spiro atoms. The molecule has 0 radical (unpaired) electrons. The van der Waals surface area contributed by atoms with Gasteiger partial charge in [0.25, 0.3) is 0 Å². The highest BCUT2D eigenvalue weighted by Crippen LogP contribution is 2.23. The number of hydrogen-bond acceptors (Lipinski definition) is 6. The van der Waals surface area contributed by atoms with Crippen molar-refractivity contribution in [2.24, 2.45) is 0 Å². The van der Waals surface area contributed by atoms with Gasteiger partial charge in [0.15, 0.2) is 6.29 Å². The molecular formula is C31H54O6. The Morgan fingerprint density at radius 2 is 1.32 bits per heavy atom. The monoisotopic (exact) mass is 522 g/mol. The topological polar surface area (TPSA) is 55.4 Å². The van der Waals surface area contributed by atoms with E-state index in [-0.39, 0.29) is 6.29 Å². The molecule has 1 aromatic rings. The lowest BCUT2D eigenvalue weighted by atomic mass is 9.94. The van der Waals surface area contributed by atoms with Crippen molar-refractivity contribution >= 4 is 0 Å². The molecule has 37 heavy (non-hydrogen) atoms. The minimum atomic E-state index is -0.0477. The van der Waals surface area contributed by atoms with Crippen LogP contribution in [-0.4, -0.2) is 65.8 Å². The molecule has 1 fully saturated rings. The maximum Gasteiger partial charge on any atom is 0.157 e. The molecule has 1 heterocycles. The number of unbranched alkanes of at least 4 members (excludes halogenated alkanes) is 6. The van der Waals surface area contributed by atoms with Gasteiger partial charge in [-0.2, -0.15) is 0 Å². The van der Waals surface area contributed by atoms with Crippen LogP contribution in [0.15, 0.2) is 24.3 Å². The summed E-state index contributed by atoms with van der Waals surface area (Å²) in [4.78, 5) is 0. The van der Waals surface area contributed by atoms with Crippen LogP contribution in [0.2, 0.25) is 0 Å². The molecule has 1 saturated heterocycles. The third-order valence-electron chi connectivity index (χ3n) is 6.84. The summed E-state index contributed by atoms with van der Waals surface area (Å²) < 4.78 is 33.5. The van der Waals surface area contributed by atoms with E-state index in [1.807, 2.05) is 0 Å². The SMILES string of the molecule is CCCCCCCCCC(C)c1ccc(COCCOCCOCCOCCOC2CCCCO2)cc1. The zero-order valence-electron chi connectivity index (χ0n) is 23.8. The fourth-order valence-corrected chi connectivity index (χ4v) is 4.45. The van der Waals surface area contributed by atoms with Crippen molar-refractivity contribution in [2.45, 2.75) is 103 Å². The van der Waals surface area contributed by atoms with Crippen molar-refractivity contribution in [1.29, 1.82) is 0 Å². The van der Waals surface area contributed by atoms with Gasteiger partial charge in [-0.05, 0) is 42.7 Å². The third kappa shape index (κ3) is 17.2. The first-order valence-corrected chi connectivity index (χ1v) is 14.9. The van der Waals surface area contributed by atoms with Gasteiger partial charge in [-0.1, -0.05) is 83.1 Å². The van der Waals surface area contributed by atoms with Crippen molar-refractivity contribution in [3.8, 4) is 0 Å². The van der Waals surface area contributed by atoms with Crippen molar-refractivity contribution in [3.05, 3.63) is 35.4 Å². The molecule has 0 N–H and O–H groups in total. The van der Waals surface area contributed by atoms with E-state index in [1.165, 1.54) is 68.9 Å². The molecular weight excluding hydrogens is 468 g/mol. The van der Waals surface area contributed by atoms with Crippen LogP contribution in [0.3, 0.4) is 0 Å². The van der Waals surface area contributed by atoms with E-state index in [4.69, 9.17) is 28.4 Å². The predicted molar refractivity (Wildman–Crippen MR) is 149 cm³/mol. The number of rotatable bonds is 24. The first-order valence-electron chi connectivity index (χ1n) is 14.9. The number of benzene rings is 1. The second kappa shape index (κ2) is 22.9. The maximum atomic E-state index is 5.76. The Kier molecular flexibility index (Phi) is 19.9. The summed E-state index contributed by atoms with van der Waals surface area (Å²) in [6.45, 7) is 10.6. The van der Waals surface area contributed by atoms with Gasteiger partial charge in [-0.15, -0.1) is 0 Å². The molecule has 1 aromatic carbocycles. The van der Waals surface area contributed by atoms with E-state index in [2.05, 4.69) is 38.1 Å². The molecule has 214 valence electrons. The lowest BCUT2D eigenvalue weighted by molar-refractivity contribution is -0.169. The van der Waals surface area contributed by atoms with Crippen LogP contribution in [0.5, 0.6) is 0 Å². The van der Waals surface area contributed by atoms with Gasteiger partial charge < -0.3 is 28.4 Å². The van der Waals surface area contributed by atoms with Gasteiger partial charge in [0.05, 0.1) is 59.5 Å². The minimum absolute atomic E-state index is 0.0477. The Morgan fingerprint density at radius 1 is 0.730 bits per heavy atom. The molecule has 1 aliphatic heterocycles. The minimum Gasteiger partial charge on any atom is -0.377 e. The summed E-state index contributed by atoms with van der Waals surface area (Å²) in [6.07, 6.45) is 14.2. The second-order valence-corrected chi connectivity index (χ2v) is 10.1. The van der Waals surface area contributed by atoms with Crippen LogP contribution in [0.1, 0.15) is 102 Å². The molecule has 0 bridgehead atoms. The third-order valence-corrected chi connectivity index (χ3v) is 6.84. The fraction of sp³-hybridized carbons (Fsp3) is 0.806. The summed E-state index contributed by atoms with van der Waals surface area (Å²) in [5, 5.41) is 0. The lowest BCUT2D eigenvalue weighted by Crippen LogP contribution is -2.24. The van der Waals surface area contributed by atoms with Crippen molar-refractivity contribution in [1.82, 2.24) is 0 Å². The smallest absolute Gasteiger partial charge is 0.157 e. The van der Waals surface area contributed by atoms with Gasteiger partial charge in [-0.25, -0.2) is 0 Å². The van der Waals surface area contributed by atoms with Gasteiger partial charge in [0.1, 0.15) is 0 Å². The Morgan fingerprint density at radius 3 is 1.95 bits per heavy atom. The van der Waals surface area contributed by atoms with Gasteiger partial charge in [0, 0.05) is 6.61 Å². The highest BCUT2D eigenvalue weighted by molar-refractivity contribution is 5.24. The van der Waals surface area contributed by atoms with E-state index in [0.29, 0.717) is 65.4 Å². The van der Waals surface area contributed by atoms with Gasteiger partial charge in [0.2, 0.25) is 0 Å². The van der Waals surface area contributed by atoms with Crippen LogP contribution in [-0.2, 0) is 35.0 Å². The van der Waals surface area contributed by atoms with Gasteiger partial charge in [-0.3, -0.25) is 0 Å². The van der Waals surface area contributed by atoms with Crippen molar-refractivity contribution in [2.75, 3.05) is 59.5 Å². The molecule has 0 aromatic heterocycles. The van der Waals surface area contributed by atoms with Crippen LogP contribution in [0, 0.1) is 0 Å². The molecule has 2 rings (SSSR count). The van der Waals surface area contributed by atoms with E-state index in [9.17, 15) is 0 Å². The second-order valence-electron chi connectivity index (χ2n) is 10.1. The van der Waals surface area contributed by atoms with E-state index in [1.54, 1.807) is 0 Å². The molecule has 6 nitrogen and oxygen atoms in total. The van der Waals surface area contributed by atoms with Gasteiger partial charge >= 0.3 is 0 Å². The maximum absolute atomic E-state index is 5.76. The Hall–Kier alpha value is -1.02. The molecule has 1 aliphatic rings. The van der Waals surface area contributed by atoms with Crippen molar-refractivity contribution in [3.63, 3.8) is 0 Å². The average Bonchev–Trinajstić information content (AvgIpc) is 2.93. The highest BCUT2D eigenvalue weighted by atomic mass is 16.7. The molecule has 0 amide bonds. The number of ether oxygens (including phenoxy) is 6. The highest BCUT2D eigenvalue weighted by Gasteiger charge is 2.13. The summed E-state index contributed by atoms with van der Waals surface area (Å²) >= 11 is 0. The molecule has 6 heteroatoms. The molecule has 0 saturated carbocycles. The van der Waals surface area contributed by atoms with Crippen LogP contribution in [0.4, 0.5) is 0 Å². The van der Waals surface area contributed by atoms with E-state index >= 15 is 0 Å². The zero-order valence-corrected chi connectivity index (χ0v) is 23.8. The largest absolute Gasteiger partial charge is 0.377 e. The Labute approximate surface area is 226 Å². The fourth-order valence-electron chi connectivity index (χ4n) is 4.45. The predicted octanol–water partition coefficient (Wildman–Crippen LogP) is 7.04. The average molecular weight is 523 g/mol. The van der Waals surface area contributed by atoms with E-state index in [0.717, 1.165) is 19.4 Å². The lowest BCUT2D eigenvalue weighted by Gasteiger charge is -2.22. The van der Waals surface area contributed by atoms with Crippen LogP contribution < -0.4 is 0 Å². The molecule has 2 unspecified atom stereocenters. The quantitative estimate of drug-likeness (QED) is 0.136. The standard InChI is InChI=1S/C31H54O6/c1-3-4-5-6-7-8-9-12-28(2)30-16-14-29(15-17-30)27-35-24-23-33-20-19-32-21-22-34-25-26-37-31-13-10-11-18-36-31/h14-17,28,31H,3-13,18-27H2,1-2H3. The summed E-state index contributed by atoms with van der Waals surface area (Å²) in [5.41, 5.74) is 2.65. The van der Waals surface area contributed by atoms with E-state index < -0.39 is 0 Å². The van der Waals surface area contributed by atoms with Crippen molar-refractivity contribution < 1.29 is 28.4 Å². The van der Waals surface area contributed by atoms with Crippen LogP contribution in [0.25, 0.3) is 0 Å². The first-order chi connectivity index (χ1) is 18.3. The first kappa shape index (κ1) is 32.2. The summed E-state index contributed by atoms with van der Waals surface area (Å²) in [6, 6.07) is 8.92. The Balaban J connectivity index is 1.34. The summed E-state index contributed by atoms with van der Waals surface area (Å²) in [5.74, 6) is 0.628. The summed E-state index contributed by atoms with van der Waals surface area (Å²) in [7, 11) is 0. The zero-order chi connectivity index (χ0) is 26.2. The molecule has 0 aliphatic carbocycles. The number of hydrogen-bond donors (Lipinski definition) is 0. The van der Waals surface area contributed by atoms with Crippen LogP contribution >= 0.6 is 0 Å². The Bertz CT molecular complexity index is 617. The normalized spacial score (nSPS) is 16.8.